The highest BCUT2D eigenvalue weighted by molar-refractivity contribution is 5.80. The first-order valence-corrected chi connectivity index (χ1v) is 10.4. The molecule has 9 heteroatoms. The first-order valence-electron chi connectivity index (χ1n) is 10.4. The fourth-order valence-corrected chi connectivity index (χ4v) is 4.07. The zero-order valence-electron chi connectivity index (χ0n) is 16.9. The van der Waals surface area contributed by atoms with Crippen LogP contribution in [0.15, 0.2) is 23.3 Å². The smallest absolute Gasteiger partial charge is 0.370 e. The van der Waals surface area contributed by atoms with Crippen molar-refractivity contribution in [3.05, 3.63) is 23.9 Å². The molecule has 1 aliphatic heterocycles. The van der Waals surface area contributed by atoms with E-state index in [1.807, 2.05) is 0 Å². The summed E-state index contributed by atoms with van der Waals surface area (Å²) >= 11 is 0. The molecule has 0 radical (unpaired) electrons. The number of nitrogens with zero attached hydrogens (tertiary/aromatic N) is 3. The molecule has 1 unspecified atom stereocenters. The highest BCUT2D eigenvalue weighted by Crippen LogP contribution is 2.29. The quantitative estimate of drug-likeness (QED) is 0.365. The van der Waals surface area contributed by atoms with Gasteiger partial charge >= 0.3 is 6.18 Å². The summed E-state index contributed by atoms with van der Waals surface area (Å²) in [7, 11) is 1.77. The largest absolute Gasteiger partial charge is 0.417 e. The minimum absolute atomic E-state index is 0.427. The van der Waals surface area contributed by atoms with E-state index < -0.39 is 11.7 Å². The van der Waals surface area contributed by atoms with Crippen molar-refractivity contribution in [2.75, 3.05) is 38.5 Å². The lowest BCUT2D eigenvalue weighted by molar-refractivity contribution is -0.137. The molecule has 3 N–H and O–H groups in total. The Kier molecular flexibility index (Phi) is 7.57. The van der Waals surface area contributed by atoms with Gasteiger partial charge in [0.15, 0.2) is 5.96 Å². The van der Waals surface area contributed by atoms with Gasteiger partial charge < -0.3 is 16.0 Å². The number of halogens is 3. The van der Waals surface area contributed by atoms with Gasteiger partial charge in [-0.25, -0.2) is 4.98 Å². The molecule has 0 aromatic carbocycles. The molecular formula is C20H31F3N6. The fraction of sp³-hybridized carbons (Fsp3) is 0.700. The monoisotopic (exact) mass is 412 g/mol. The number of aliphatic imine (C=N–C) groups is 1. The minimum Gasteiger partial charge on any atom is -0.370 e. The van der Waals surface area contributed by atoms with Crippen molar-refractivity contribution in [2.45, 2.75) is 56.8 Å². The van der Waals surface area contributed by atoms with Crippen LogP contribution in [-0.2, 0) is 6.18 Å². The number of pyridine rings is 1. The zero-order valence-corrected chi connectivity index (χ0v) is 16.9. The Morgan fingerprint density at radius 2 is 2.00 bits per heavy atom. The molecule has 0 spiro atoms. The van der Waals surface area contributed by atoms with Gasteiger partial charge in [-0.3, -0.25) is 9.89 Å². The van der Waals surface area contributed by atoms with E-state index in [1.165, 1.54) is 31.7 Å². The van der Waals surface area contributed by atoms with E-state index >= 15 is 0 Å². The molecule has 2 aliphatic rings. The van der Waals surface area contributed by atoms with Crippen LogP contribution in [0, 0.1) is 0 Å². The van der Waals surface area contributed by atoms with Crippen LogP contribution < -0.4 is 16.0 Å². The van der Waals surface area contributed by atoms with Crippen molar-refractivity contribution in [3.63, 3.8) is 0 Å². The summed E-state index contributed by atoms with van der Waals surface area (Å²) in [6.07, 6.45) is 3.81. The van der Waals surface area contributed by atoms with Crippen LogP contribution in [0.2, 0.25) is 0 Å². The average Bonchev–Trinajstić information content (AvgIpc) is 3.38. The van der Waals surface area contributed by atoms with Crippen LogP contribution in [0.5, 0.6) is 0 Å². The Morgan fingerprint density at radius 1 is 1.21 bits per heavy atom. The van der Waals surface area contributed by atoms with Crippen LogP contribution in [0.1, 0.15) is 44.1 Å². The third-order valence-corrected chi connectivity index (χ3v) is 5.67. The lowest BCUT2D eigenvalue weighted by Crippen LogP contribution is -2.45. The summed E-state index contributed by atoms with van der Waals surface area (Å²) in [6.45, 7) is 3.56. The number of guanidine groups is 1. The fourth-order valence-electron chi connectivity index (χ4n) is 4.07. The number of alkyl halides is 3. The van der Waals surface area contributed by atoms with Gasteiger partial charge in [-0.15, -0.1) is 0 Å². The summed E-state index contributed by atoms with van der Waals surface area (Å²) in [5.74, 6) is 1.24. The Morgan fingerprint density at radius 3 is 2.66 bits per heavy atom. The first kappa shape index (κ1) is 21.7. The average molecular weight is 413 g/mol. The van der Waals surface area contributed by atoms with E-state index in [2.05, 4.69) is 30.8 Å². The number of anilines is 1. The maximum absolute atomic E-state index is 12.5. The van der Waals surface area contributed by atoms with Gasteiger partial charge in [0.25, 0.3) is 0 Å². The summed E-state index contributed by atoms with van der Waals surface area (Å²) in [5.41, 5.74) is -0.738. The van der Waals surface area contributed by atoms with Crippen molar-refractivity contribution in [2.24, 2.45) is 4.99 Å². The first-order chi connectivity index (χ1) is 14.0. The minimum atomic E-state index is -4.36. The van der Waals surface area contributed by atoms with Gasteiger partial charge in [0.1, 0.15) is 5.82 Å². The van der Waals surface area contributed by atoms with Crippen LogP contribution in [0.25, 0.3) is 0 Å². The zero-order chi connectivity index (χ0) is 20.7. The van der Waals surface area contributed by atoms with E-state index in [0.717, 1.165) is 50.2 Å². The van der Waals surface area contributed by atoms with E-state index in [1.54, 1.807) is 7.05 Å². The summed E-state index contributed by atoms with van der Waals surface area (Å²) in [4.78, 5) is 10.7. The predicted octanol–water partition coefficient (Wildman–Crippen LogP) is 3.08. The number of rotatable bonds is 7. The molecule has 2 heterocycles. The Bertz CT molecular complexity index is 655. The van der Waals surface area contributed by atoms with Gasteiger partial charge in [0, 0.05) is 51.5 Å². The number of hydrogen-bond acceptors (Lipinski definition) is 4. The van der Waals surface area contributed by atoms with Gasteiger partial charge in [-0.05, 0) is 37.8 Å². The highest BCUT2D eigenvalue weighted by atomic mass is 19.4. The van der Waals surface area contributed by atoms with Gasteiger partial charge in [-0.1, -0.05) is 12.8 Å². The second-order valence-corrected chi connectivity index (χ2v) is 7.77. The summed E-state index contributed by atoms with van der Waals surface area (Å²) in [5, 5.41) is 9.85. The predicted molar refractivity (Wildman–Crippen MR) is 109 cm³/mol. The molecule has 1 aromatic rings. The third kappa shape index (κ3) is 6.48. The normalized spacial score (nSPS) is 21.5. The third-order valence-electron chi connectivity index (χ3n) is 5.67. The lowest BCUT2D eigenvalue weighted by atomic mass is 10.2. The molecule has 3 rings (SSSR count). The molecular weight excluding hydrogens is 381 g/mol. The van der Waals surface area contributed by atoms with Crippen LogP contribution in [0.4, 0.5) is 19.0 Å². The van der Waals surface area contributed by atoms with E-state index in [0.29, 0.717) is 24.9 Å². The van der Waals surface area contributed by atoms with E-state index in [-0.39, 0.29) is 0 Å². The van der Waals surface area contributed by atoms with Crippen molar-refractivity contribution < 1.29 is 13.2 Å². The van der Waals surface area contributed by atoms with Crippen LogP contribution in [0.3, 0.4) is 0 Å². The lowest BCUT2D eigenvalue weighted by Gasteiger charge is -2.24. The second kappa shape index (κ2) is 10.1. The van der Waals surface area contributed by atoms with Crippen LogP contribution in [-0.4, -0.2) is 61.2 Å². The Hall–Kier alpha value is -2.03. The molecule has 1 atom stereocenters. The molecule has 1 aromatic heterocycles. The molecule has 1 aliphatic carbocycles. The van der Waals surface area contributed by atoms with Crippen molar-refractivity contribution >= 4 is 11.8 Å². The molecule has 2 fully saturated rings. The van der Waals surface area contributed by atoms with E-state index in [9.17, 15) is 13.2 Å². The van der Waals surface area contributed by atoms with Gasteiger partial charge in [0.05, 0.1) is 5.56 Å². The molecule has 0 amide bonds. The topological polar surface area (TPSA) is 64.6 Å². The Balaban J connectivity index is 1.31. The SMILES string of the molecule is CN=C(NCCCNc1ccc(C(F)(F)F)cn1)NC1CCN(C2CCCC2)C1. The van der Waals surface area contributed by atoms with Gasteiger partial charge in [-0.2, -0.15) is 13.2 Å². The molecule has 6 nitrogen and oxygen atoms in total. The van der Waals surface area contributed by atoms with Crippen molar-refractivity contribution in [1.29, 1.82) is 0 Å². The van der Waals surface area contributed by atoms with Gasteiger partial charge in [0.2, 0.25) is 0 Å². The maximum Gasteiger partial charge on any atom is 0.417 e. The molecule has 162 valence electrons. The molecule has 0 bridgehead atoms. The highest BCUT2D eigenvalue weighted by Gasteiger charge is 2.31. The van der Waals surface area contributed by atoms with Crippen molar-refractivity contribution in [1.82, 2.24) is 20.5 Å². The number of nitrogens with one attached hydrogen (secondary N) is 3. The molecule has 29 heavy (non-hydrogen) atoms. The Labute approximate surface area is 170 Å². The summed E-state index contributed by atoms with van der Waals surface area (Å²) in [6, 6.07) is 3.58. The second-order valence-electron chi connectivity index (χ2n) is 7.77. The molecule has 1 saturated heterocycles. The summed E-state index contributed by atoms with van der Waals surface area (Å²) < 4.78 is 37.6. The molecule has 1 saturated carbocycles. The van der Waals surface area contributed by atoms with Crippen molar-refractivity contribution in [3.8, 4) is 0 Å². The number of aromatic nitrogens is 1. The standard InChI is InChI=1S/C20H31F3N6/c1-24-19(28-16-9-12-29(14-16)17-5-2-3-6-17)26-11-4-10-25-18-8-7-15(13-27-18)20(21,22)23/h7-8,13,16-17H,2-6,9-12,14H2,1H3,(H,25,27)(H2,24,26,28). The van der Waals surface area contributed by atoms with E-state index in [4.69, 9.17) is 0 Å². The van der Waals surface area contributed by atoms with Crippen LogP contribution >= 0.6 is 0 Å². The number of hydrogen-bond donors (Lipinski definition) is 3. The maximum atomic E-state index is 12.5. The number of likely N-dealkylation sites (tertiary alicyclic amines) is 1.